The van der Waals surface area contributed by atoms with Crippen molar-refractivity contribution in [3.8, 4) is 0 Å². The second-order valence-corrected chi connectivity index (χ2v) is 5.27. The minimum Gasteiger partial charge on any atom is -0.319 e. The maximum absolute atomic E-state index is 12.6. The first-order valence-corrected chi connectivity index (χ1v) is 6.28. The molecule has 0 bridgehead atoms. The van der Waals surface area contributed by atoms with Crippen LogP contribution in [-0.4, -0.2) is 16.3 Å². The van der Waals surface area contributed by atoms with Gasteiger partial charge in [0.15, 0.2) is 5.78 Å². The van der Waals surface area contributed by atoms with Crippen molar-refractivity contribution in [2.75, 3.05) is 0 Å². The second kappa shape index (κ2) is 3.89. The van der Waals surface area contributed by atoms with Gasteiger partial charge in [0.05, 0.1) is 11.1 Å². The van der Waals surface area contributed by atoms with Crippen molar-refractivity contribution in [3.63, 3.8) is 0 Å². The molecule has 1 fully saturated rings. The van der Waals surface area contributed by atoms with Crippen molar-refractivity contribution in [1.82, 2.24) is 4.98 Å². The Kier molecular flexibility index (Phi) is 2.45. The topological polar surface area (TPSA) is 56.0 Å². The third-order valence-corrected chi connectivity index (χ3v) is 3.79. The number of carbonyl (C=O) groups is 1. The Morgan fingerprint density at radius 1 is 1.33 bits per heavy atom. The van der Waals surface area contributed by atoms with E-state index in [9.17, 15) is 4.79 Å². The average molecular weight is 240 g/mol. The van der Waals surface area contributed by atoms with Crippen LogP contribution in [0.15, 0.2) is 36.5 Å². The molecule has 2 aromatic rings. The van der Waals surface area contributed by atoms with Gasteiger partial charge in [0, 0.05) is 17.1 Å². The first-order valence-electron chi connectivity index (χ1n) is 6.28. The Balaban J connectivity index is 2.11. The summed E-state index contributed by atoms with van der Waals surface area (Å²) >= 11 is 0. The quantitative estimate of drug-likeness (QED) is 0.839. The molecule has 1 saturated carbocycles. The monoisotopic (exact) mass is 240 g/mol. The molecule has 0 amide bonds. The number of Topliss-reactive ketones (excluding diaryl/α,β-unsaturated/α-hetero) is 1. The highest BCUT2D eigenvalue weighted by Crippen LogP contribution is 2.40. The molecule has 0 radical (unpaired) electrons. The number of fused-ring (bicyclic) bond motifs is 1. The maximum Gasteiger partial charge on any atom is 0.184 e. The molecular formula is C15H16N2O. The van der Waals surface area contributed by atoms with Gasteiger partial charge in [-0.1, -0.05) is 18.2 Å². The molecule has 1 atom stereocenters. The predicted octanol–water partition coefficient (Wildman–Crippen LogP) is 2.54. The molecule has 0 saturated heterocycles. The van der Waals surface area contributed by atoms with Gasteiger partial charge in [0.25, 0.3) is 0 Å². The number of hydrogen-bond donors (Lipinski definition) is 1. The molecule has 3 heteroatoms. The van der Waals surface area contributed by atoms with Crippen LogP contribution in [0, 0.1) is 5.92 Å². The minimum atomic E-state index is -0.758. The van der Waals surface area contributed by atoms with Gasteiger partial charge >= 0.3 is 0 Å². The van der Waals surface area contributed by atoms with Gasteiger partial charge in [-0.05, 0) is 37.8 Å². The van der Waals surface area contributed by atoms with Gasteiger partial charge in [-0.3, -0.25) is 9.78 Å². The summed E-state index contributed by atoms with van der Waals surface area (Å²) < 4.78 is 0. The molecule has 1 heterocycles. The van der Waals surface area contributed by atoms with Crippen LogP contribution in [0.3, 0.4) is 0 Å². The number of para-hydroxylation sites is 1. The highest BCUT2D eigenvalue weighted by Gasteiger charge is 2.44. The molecule has 2 N–H and O–H groups in total. The third kappa shape index (κ3) is 1.71. The summed E-state index contributed by atoms with van der Waals surface area (Å²) in [5.41, 5.74) is 6.85. The first-order chi connectivity index (χ1) is 8.60. The summed E-state index contributed by atoms with van der Waals surface area (Å²) in [4.78, 5) is 16.9. The summed E-state index contributed by atoms with van der Waals surface area (Å²) in [7, 11) is 0. The van der Waals surface area contributed by atoms with Crippen LogP contribution in [0.25, 0.3) is 10.9 Å². The number of nitrogens with zero attached hydrogens (tertiary/aromatic N) is 1. The van der Waals surface area contributed by atoms with E-state index in [0.29, 0.717) is 11.5 Å². The molecule has 3 rings (SSSR count). The molecule has 1 aromatic heterocycles. The van der Waals surface area contributed by atoms with E-state index in [1.165, 1.54) is 0 Å². The average Bonchev–Trinajstić information content (AvgIpc) is 3.22. The van der Waals surface area contributed by atoms with Gasteiger partial charge in [-0.25, -0.2) is 0 Å². The van der Waals surface area contributed by atoms with E-state index in [1.54, 1.807) is 6.20 Å². The number of rotatable bonds is 3. The van der Waals surface area contributed by atoms with Crippen molar-refractivity contribution in [2.45, 2.75) is 25.3 Å². The predicted molar refractivity (Wildman–Crippen MR) is 71.4 cm³/mol. The largest absolute Gasteiger partial charge is 0.319 e. The number of benzene rings is 1. The third-order valence-electron chi connectivity index (χ3n) is 3.79. The molecule has 1 aromatic carbocycles. The molecule has 1 aliphatic carbocycles. The van der Waals surface area contributed by atoms with Crippen molar-refractivity contribution >= 4 is 16.7 Å². The van der Waals surface area contributed by atoms with Crippen LogP contribution >= 0.6 is 0 Å². The molecule has 3 nitrogen and oxygen atoms in total. The highest BCUT2D eigenvalue weighted by molar-refractivity contribution is 6.11. The number of hydrogen-bond acceptors (Lipinski definition) is 3. The number of carbonyl (C=O) groups excluding carboxylic acids is 1. The summed E-state index contributed by atoms with van der Waals surface area (Å²) in [5.74, 6) is 0.332. The first kappa shape index (κ1) is 11.4. The zero-order valence-electron chi connectivity index (χ0n) is 10.4. The number of aromatic nitrogens is 1. The van der Waals surface area contributed by atoms with E-state index in [-0.39, 0.29) is 5.78 Å². The van der Waals surface area contributed by atoms with Crippen molar-refractivity contribution in [3.05, 3.63) is 42.1 Å². The fourth-order valence-corrected chi connectivity index (χ4v) is 2.45. The lowest BCUT2D eigenvalue weighted by Gasteiger charge is -2.23. The van der Waals surface area contributed by atoms with E-state index in [1.807, 2.05) is 37.3 Å². The van der Waals surface area contributed by atoms with Gasteiger partial charge in [-0.15, -0.1) is 0 Å². The molecule has 18 heavy (non-hydrogen) atoms. The highest BCUT2D eigenvalue weighted by atomic mass is 16.1. The van der Waals surface area contributed by atoms with E-state index < -0.39 is 5.54 Å². The van der Waals surface area contributed by atoms with E-state index in [2.05, 4.69) is 4.98 Å². The Morgan fingerprint density at radius 3 is 2.78 bits per heavy atom. The Bertz CT molecular complexity index is 609. The fraction of sp³-hybridized carbons (Fsp3) is 0.333. The normalized spacial score (nSPS) is 18.6. The van der Waals surface area contributed by atoms with E-state index >= 15 is 0 Å². The van der Waals surface area contributed by atoms with Gasteiger partial charge in [0.2, 0.25) is 0 Å². The maximum atomic E-state index is 12.6. The second-order valence-electron chi connectivity index (χ2n) is 5.27. The molecular weight excluding hydrogens is 224 g/mol. The molecule has 1 unspecified atom stereocenters. The molecule has 1 aliphatic rings. The Labute approximate surface area is 106 Å². The number of ketones is 1. The number of nitrogens with two attached hydrogens (primary N) is 1. The van der Waals surface area contributed by atoms with Crippen molar-refractivity contribution in [2.24, 2.45) is 11.7 Å². The smallest absolute Gasteiger partial charge is 0.184 e. The fourth-order valence-electron chi connectivity index (χ4n) is 2.45. The van der Waals surface area contributed by atoms with Crippen LogP contribution in [0.4, 0.5) is 0 Å². The van der Waals surface area contributed by atoms with Crippen LogP contribution in [0.1, 0.15) is 30.1 Å². The summed E-state index contributed by atoms with van der Waals surface area (Å²) in [6, 6.07) is 9.51. The van der Waals surface area contributed by atoms with Gasteiger partial charge < -0.3 is 5.73 Å². The zero-order valence-corrected chi connectivity index (χ0v) is 10.4. The molecule has 0 spiro atoms. The molecule has 92 valence electrons. The SMILES string of the molecule is CC(N)(C(=O)c1cccc2cccnc12)C1CC1. The standard InChI is InChI=1S/C15H16N2O/c1-15(16,11-7-8-11)14(18)12-6-2-4-10-5-3-9-17-13(10)12/h2-6,9,11H,7-8,16H2,1H3. The van der Waals surface area contributed by atoms with Crippen molar-refractivity contribution < 1.29 is 4.79 Å². The van der Waals surface area contributed by atoms with Crippen LogP contribution in [-0.2, 0) is 0 Å². The Hall–Kier alpha value is -1.74. The van der Waals surface area contributed by atoms with Gasteiger partial charge in [-0.2, -0.15) is 0 Å². The lowest BCUT2D eigenvalue weighted by Crippen LogP contribution is -2.47. The summed E-state index contributed by atoms with van der Waals surface area (Å²) in [6.07, 6.45) is 3.82. The van der Waals surface area contributed by atoms with E-state index in [4.69, 9.17) is 5.73 Å². The number of pyridine rings is 1. The van der Waals surface area contributed by atoms with Gasteiger partial charge in [0.1, 0.15) is 0 Å². The zero-order chi connectivity index (χ0) is 12.8. The lowest BCUT2D eigenvalue weighted by molar-refractivity contribution is 0.0885. The summed E-state index contributed by atoms with van der Waals surface area (Å²) in [6.45, 7) is 1.84. The van der Waals surface area contributed by atoms with Crippen LogP contribution in [0.2, 0.25) is 0 Å². The van der Waals surface area contributed by atoms with Crippen molar-refractivity contribution in [1.29, 1.82) is 0 Å². The van der Waals surface area contributed by atoms with Crippen LogP contribution < -0.4 is 5.73 Å². The van der Waals surface area contributed by atoms with Crippen LogP contribution in [0.5, 0.6) is 0 Å². The lowest BCUT2D eigenvalue weighted by atomic mass is 9.86. The molecule has 0 aliphatic heterocycles. The minimum absolute atomic E-state index is 0.00861. The Morgan fingerprint density at radius 2 is 2.06 bits per heavy atom. The van der Waals surface area contributed by atoms with E-state index in [0.717, 1.165) is 23.7 Å². The summed E-state index contributed by atoms with van der Waals surface area (Å²) in [5, 5.41) is 0.981.